The smallest absolute Gasteiger partial charge is 0.390 e. The van der Waals surface area contributed by atoms with Crippen LogP contribution >= 0.6 is 11.6 Å². The van der Waals surface area contributed by atoms with Gasteiger partial charge in [-0.15, -0.1) is 0 Å². The van der Waals surface area contributed by atoms with Crippen LogP contribution in [-0.2, 0) is 20.5 Å². The molecule has 2 bridgehead atoms. The maximum atomic E-state index is 13.4. The second-order valence-corrected chi connectivity index (χ2v) is 7.68. The van der Waals surface area contributed by atoms with Crippen molar-refractivity contribution < 1.29 is 32.6 Å². The Bertz CT molecular complexity index is 847. The minimum absolute atomic E-state index is 0.118. The van der Waals surface area contributed by atoms with E-state index in [1.54, 1.807) is 6.92 Å². The van der Waals surface area contributed by atoms with E-state index in [2.05, 4.69) is 4.98 Å². The van der Waals surface area contributed by atoms with Gasteiger partial charge in [-0.3, -0.25) is 9.59 Å². The monoisotopic (exact) mass is 390 g/mol. The highest BCUT2D eigenvalue weighted by atomic mass is 35.5. The summed E-state index contributed by atoms with van der Waals surface area (Å²) in [4.78, 5) is 29.9. The number of ether oxygens (including phenoxy) is 1. The Balaban J connectivity index is 1.87. The average molecular weight is 391 g/mol. The average Bonchev–Trinajstić information content (AvgIpc) is 2.99. The number of aliphatic hydroxyl groups excluding tert-OH is 1. The van der Waals surface area contributed by atoms with E-state index in [9.17, 15) is 27.9 Å². The standard InChI is InChI=1S/C16H14ClF3N2O4/c1-14-5-7(23)15(2,26-14)10-9(14)12(24)22(13(10)25)11-8(16(18,19)20)6(17)3-4-21-11/h3-4,7,9-10,23H,5H2,1-2H3/t7-,9+,10-,14+,15-/m0/s1. The van der Waals surface area contributed by atoms with Crippen LogP contribution in [0.5, 0.6) is 0 Å². The molecular formula is C16H14ClF3N2O4. The normalized spacial score (nSPS) is 39.0. The van der Waals surface area contributed by atoms with Gasteiger partial charge in [-0.25, -0.2) is 9.88 Å². The first-order valence-corrected chi connectivity index (χ1v) is 8.27. The highest BCUT2D eigenvalue weighted by Crippen LogP contribution is 2.61. The highest BCUT2D eigenvalue weighted by molar-refractivity contribution is 6.32. The van der Waals surface area contributed by atoms with E-state index in [1.165, 1.54) is 6.92 Å². The number of hydrogen-bond acceptors (Lipinski definition) is 5. The van der Waals surface area contributed by atoms with Gasteiger partial charge in [0.2, 0.25) is 11.8 Å². The van der Waals surface area contributed by atoms with Crippen molar-refractivity contribution in [2.24, 2.45) is 11.8 Å². The molecular weight excluding hydrogens is 377 g/mol. The molecule has 10 heteroatoms. The molecule has 1 aromatic rings. The van der Waals surface area contributed by atoms with Crippen molar-refractivity contribution in [2.75, 3.05) is 4.90 Å². The second kappa shape index (κ2) is 4.96. The van der Waals surface area contributed by atoms with E-state index < -0.39 is 63.5 Å². The summed E-state index contributed by atoms with van der Waals surface area (Å²) < 4.78 is 46.1. The molecule has 1 aromatic heterocycles. The molecule has 0 aromatic carbocycles. The summed E-state index contributed by atoms with van der Waals surface area (Å²) in [6, 6.07) is 0.943. The van der Waals surface area contributed by atoms with Crippen molar-refractivity contribution in [3.63, 3.8) is 0 Å². The van der Waals surface area contributed by atoms with Gasteiger partial charge < -0.3 is 9.84 Å². The molecule has 1 N–H and O–H groups in total. The largest absolute Gasteiger partial charge is 0.421 e. The molecule has 3 aliphatic heterocycles. The van der Waals surface area contributed by atoms with Crippen molar-refractivity contribution in [2.45, 2.75) is 43.8 Å². The summed E-state index contributed by atoms with van der Waals surface area (Å²) in [5.41, 5.74) is -3.80. The second-order valence-electron chi connectivity index (χ2n) is 7.27. The zero-order valence-corrected chi connectivity index (χ0v) is 14.4. The molecule has 5 atom stereocenters. The van der Waals surface area contributed by atoms with Gasteiger partial charge in [-0.1, -0.05) is 11.6 Å². The van der Waals surface area contributed by atoms with E-state index >= 15 is 0 Å². The predicted octanol–water partition coefficient (Wildman–Crippen LogP) is 2.17. The Morgan fingerprint density at radius 3 is 2.54 bits per heavy atom. The summed E-state index contributed by atoms with van der Waals surface area (Å²) in [6.45, 7) is 3.08. The maximum Gasteiger partial charge on any atom is 0.421 e. The van der Waals surface area contributed by atoms with E-state index in [-0.39, 0.29) is 6.42 Å². The number of anilines is 1. The van der Waals surface area contributed by atoms with Crippen LogP contribution in [0.1, 0.15) is 25.8 Å². The molecule has 0 spiro atoms. The number of pyridine rings is 1. The Kier molecular flexibility index (Phi) is 3.38. The lowest BCUT2D eigenvalue weighted by Crippen LogP contribution is -2.49. The number of rotatable bonds is 1. The minimum Gasteiger partial charge on any atom is -0.390 e. The Morgan fingerprint density at radius 2 is 1.92 bits per heavy atom. The molecule has 140 valence electrons. The van der Waals surface area contributed by atoms with Crippen LogP contribution in [0.25, 0.3) is 0 Å². The van der Waals surface area contributed by atoms with Gasteiger partial charge in [-0.2, -0.15) is 13.2 Å². The molecule has 4 rings (SSSR count). The first-order chi connectivity index (χ1) is 11.9. The minimum atomic E-state index is -4.90. The Hall–Kier alpha value is -1.71. The number of aromatic nitrogens is 1. The zero-order valence-electron chi connectivity index (χ0n) is 13.7. The third-order valence-electron chi connectivity index (χ3n) is 5.67. The van der Waals surface area contributed by atoms with Crippen LogP contribution in [0.4, 0.5) is 19.0 Å². The fraction of sp³-hybridized carbons (Fsp3) is 0.562. The van der Waals surface area contributed by atoms with E-state index in [0.29, 0.717) is 4.90 Å². The molecule has 26 heavy (non-hydrogen) atoms. The highest BCUT2D eigenvalue weighted by Gasteiger charge is 2.76. The number of hydrogen-bond donors (Lipinski definition) is 1. The number of halogens is 4. The molecule has 0 unspecified atom stereocenters. The number of fused-ring (bicyclic) bond motifs is 5. The molecule has 3 aliphatic rings. The van der Waals surface area contributed by atoms with Crippen molar-refractivity contribution in [1.29, 1.82) is 0 Å². The molecule has 3 saturated heterocycles. The lowest BCUT2D eigenvalue weighted by Gasteiger charge is -2.31. The molecule has 3 fully saturated rings. The third kappa shape index (κ3) is 1.99. The molecule has 0 radical (unpaired) electrons. The van der Waals surface area contributed by atoms with Crippen molar-refractivity contribution in [3.8, 4) is 0 Å². The van der Waals surface area contributed by atoms with Crippen LogP contribution in [0.15, 0.2) is 12.3 Å². The van der Waals surface area contributed by atoms with Gasteiger partial charge in [0, 0.05) is 12.6 Å². The van der Waals surface area contributed by atoms with Gasteiger partial charge >= 0.3 is 6.18 Å². The third-order valence-corrected chi connectivity index (χ3v) is 5.99. The number of aliphatic hydroxyl groups is 1. The Morgan fingerprint density at radius 1 is 1.31 bits per heavy atom. The summed E-state index contributed by atoms with van der Waals surface area (Å²) in [6.07, 6.45) is -4.78. The van der Waals surface area contributed by atoms with Crippen molar-refractivity contribution in [3.05, 3.63) is 22.8 Å². The first kappa shape index (κ1) is 17.7. The summed E-state index contributed by atoms with van der Waals surface area (Å²) >= 11 is 5.68. The van der Waals surface area contributed by atoms with E-state index in [0.717, 1.165) is 12.3 Å². The van der Waals surface area contributed by atoms with Crippen LogP contribution in [0.3, 0.4) is 0 Å². The van der Waals surface area contributed by atoms with Crippen molar-refractivity contribution in [1.82, 2.24) is 4.98 Å². The molecule has 0 aliphatic carbocycles. The SMILES string of the molecule is C[C@]12O[C@](C)(C[C@@H]1O)[C@H]1C(=O)N(c3nccc(Cl)c3C(F)(F)F)C(=O)[C@H]12. The van der Waals surface area contributed by atoms with E-state index in [1.807, 2.05) is 0 Å². The number of carbonyl (C=O) groups is 2. The Labute approximate surface area is 150 Å². The number of imide groups is 1. The zero-order chi connectivity index (χ0) is 19.2. The number of amides is 2. The fourth-order valence-electron chi connectivity index (χ4n) is 4.59. The van der Waals surface area contributed by atoms with Crippen LogP contribution in [0, 0.1) is 11.8 Å². The first-order valence-electron chi connectivity index (χ1n) is 7.89. The van der Waals surface area contributed by atoms with Gasteiger partial charge in [-0.05, 0) is 19.9 Å². The molecule has 6 nitrogen and oxygen atoms in total. The maximum absolute atomic E-state index is 13.4. The van der Waals surface area contributed by atoms with Gasteiger partial charge in [0.1, 0.15) is 11.2 Å². The van der Waals surface area contributed by atoms with Crippen LogP contribution < -0.4 is 4.90 Å². The summed E-state index contributed by atoms with van der Waals surface area (Å²) in [5, 5.41) is 9.60. The molecule has 2 amide bonds. The van der Waals surface area contributed by atoms with Gasteiger partial charge in [0.25, 0.3) is 0 Å². The quantitative estimate of drug-likeness (QED) is 0.743. The molecule has 0 saturated carbocycles. The topological polar surface area (TPSA) is 79.7 Å². The van der Waals surface area contributed by atoms with Crippen molar-refractivity contribution >= 4 is 29.2 Å². The lowest BCUT2D eigenvalue weighted by molar-refractivity contribution is -0.137. The van der Waals surface area contributed by atoms with Crippen LogP contribution in [0.2, 0.25) is 5.02 Å². The van der Waals surface area contributed by atoms with Crippen LogP contribution in [-0.4, -0.2) is 39.2 Å². The number of carbonyl (C=O) groups excluding carboxylic acids is 2. The number of alkyl halides is 3. The molecule has 4 heterocycles. The summed E-state index contributed by atoms with van der Waals surface area (Å²) in [5.74, 6) is -4.59. The fourth-order valence-corrected chi connectivity index (χ4v) is 4.84. The van der Waals surface area contributed by atoms with E-state index in [4.69, 9.17) is 16.3 Å². The van der Waals surface area contributed by atoms with Gasteiger partial charge in [0.15, 0.2) is 5.82 Å². The van der Waals surface area contributed by atoms with Gasteiger partial charge in [0.05, 0.1) is 28.6 Å². The predicted molar refractivity (Wildman–Crippen MR) is 82.2 cm³/mol. The lowest BCUT2D eigenvalue weighted by atomic mass is 9.67. The summed E-state index contributed by atoms with van der Waals surface area (Å²) in [7, 11) is 0. The number of nitrogens with zero attached hydrogens (tertiary/aromatic N) is 2.